The minimum Gasteiger partial charge on any atom is -0.481 e. The number of carboxylic acid groups (broad SMARTS) is 1. The van der Waals surface area contributed by atoms with Crippen LogP contribution in [-0.2, 0) is 11.2 Å². The number of carbonyl (C=O) groups is 1. The van der Waals surface area contributed by atoms with E-state index in [1.165, 1.54) is 5.56 Å². The van der Waals surface area contributed by atoms with E-state index >= 15 is 0 Å². The van der Waals surface area contributed by atoms with E-state index < -0.39 is 5.97 Å². The number of rotatable bonds is 5. The lowest BCUT2D eigenvalue weighted by Crippen LogP contribution is -1.95. The van der Waals surface area contributed by atoms with Gasteiger partial charge in [0.2, 0.25) is 0 Å². The molecule has 0 fully saturated rings. The lowest BCUT2D eigenvalue weighted by atomic mass is 10.2. The van der Waals surface area contributed by atoms with Crippen molar-refractivity contribution in [3.05, 3.63) is 28.2 Å². The molecule has 0 aliphatic heterocycles. The Kier molecular flexibility index (Phi) is 5.19. The van der Waals surface area contributed by atoms with E-state index in [1.807, 2.05) is 6.07 Å². The Hall–Kier alpha value is -0.480. The highest BCUT2D eigenvalue weighted by Gasteiger charge is 2.01. The average Bonchev–Trinajstić information content (AvgIpc) is 2.16. The first-order chi connectivity index (χ1) is 7.11. The van der Waals surface area contributed by atoms with Gasteiger partial charge in [0, 0.05) is 15.1 Å². The van der Waals surface area contributed by atoms with Crippen LogP contribution in [0.4, 0.5) is 0 Å². The molecule has 0 spiro atoms. The molecule has 0 aliphatic rings. The maximum atomic E-state index is 10.4. The molecule has 2 nitrogen and oxygen atoms in total. The van der Waals surface area contributed by atoms with E-state index in [0.717, 1.165) is 15.8 Å². The maximum absolute atomic E-state index is 10.4. The predicted molar refractivity (Wildman–Crippen MR) is 66.5 cm³/mol. The van der Waals surface area contributed by atoms with Gasteiger partial charge >= 0.3 is 5.97 Å². The summed E-state index contributed by atoms with van der Waals surface area (Å²) in [5, 5.41) is 8.52. The fourth-order valence-corrected chi connectivity index (χ4v) is 2.81. The summed E-state index contributed by atoms with van der Waals surface area (Å²) in [5.41, 5.74) is 1.27. The lowest BCUT2D eigenvalue weighted by molar-refractivity contribution is -0.136. The molecule has 4 heteroatoms. The van der Waals surface area contributed by atoms with Gasteiger partial charge in [-0.2, -0.15) is 0 Å². The summed E-state index contributed by atoms with van der Waals surface area (Å²) in [6.45, 7) is 2.10. The van der Waals surface area contributed by atoms with Gasteiger partial charge in [0.15, 0.2) is 0 Å². The van der Waals surface area contributed by atoms with Crippen molar-refractivity contribution in [2.45, 2.75) is 24.7 Å². The molecule has 15 heavy (non-hydrogen) atoms. The third-order valence-electron chi connectivity index (χ3n) is 1.92. The van der Waals surface area contributed by atoms with Gasteiger partial charge in [-0.25, -0.2) is 0 Å². The molecular formula is C11H13BrO2S. The molecule has 0 saturated heterocycles. The SMILES string of the molecule is CCc1cc(Br)cc(SCCC(=O)O)c1. The number of carboxylic acids is 1. The number of thioether (sulfide) groups is 1. The second-order valence-electron chi connectivity index (χ2n) is 3.14. The zero-order valence-corrected chi connectivity index (χ0v) is 10.9. The van der Waals surface area contributed by atoms with E-state index in [0.29, 0.717) is 5.75 Å². The van der Waals surface area contributed by atoms with Crippen molar-refractivity contribution in [1.29, 1.82) is 0 Å². The Labute approximate surface area is 102 Å². The Morgan fingerprint density at radius 1 is 1.47 bits per heavy atom. The van der Waals surface area contributed by atoms with Crippen LogP contribution in [0.1, 0.15) is 18.9 Å². The van der Waals surface area contributed by atoms with Gasteiger partial charge in [0.05, 0.1) is 6.42 Å². The largest absolute Gasteiger partial charge is 0.481 e. The summed E-state index contributed by atoms with van der Waals surface area (Å²) in [6.07, 6.45) is 1.20. The highest BCUT2D eigenvalue weighted by Crippen LogP contribution is 2.25. The van der Waals surface area contributed by atoms with Gasteiger partial charge in [-0.15, -0.1) is 11.8 Å². The number of hydrogen-bond donors (Lipinski definition) is 1. The monoisotopic (exact) mass is 288 g/mol. The van der Waals surface area contributed by atoms with E-state index in [1.54, 1.807) is 11.8 Å². The molecule has 0 bridgehead atoms. The lowest BCUT2D eigenvalue weighted by Gasteiger charge is -2.04. The number of benzene rings is 1. The third-order valence-corrected chi connectivity index (χ3v) is 3.36. The van der Waals surface area contributed by atoms with Crippen LogP contribution in [0.5, 0.6) is 0 Å². The minimum atomic E-state index is -0.742. The molecule has 0 aromatic heterocycles. The van der Waals surface area contributed by atoms with Crippen LogP contribution in [-0.4, -0.2) is 16.8 Å². The Morgan fingerprint density at radius 2 is 2.20 bits per heavy atom. The molecule has 0 radical (unpaired) electrons. The smallest absolute Gasteiger partial charge is 0.304 e. The third kappa shape index (κ3) is 4.71. The zero-order chi connectivity index (χ0) is 11.3. The summed E-state index contributed by atoms with van der Waals surface area (Å²) < 4.78 is 1.06. The molecule has 0 atom stereocenters. The van der Waals surface area contributed by atoms with E-state index in [4.69, 9.17) is 5.11 Å². The second-order valence-corrected chi connectivity index (χ2v) is 5.22. The highest BCUT2D eigenvalue weighted by molar-refractivity contribution is 9.10. The average molecular weight is 289 g/mol. The fraction of sp³-hybridized carbons (Fsp3) is 0.364. The highest BCUT2D eigenvalue weighted by atomic mass is 79.9. The Bertz CT molecular complexity index is 352. The van der Waals surface area contributed by atoms with Crippen molar-refractivity contribution in [2.24, 2.45) is 0 Å². The van der Waals surface area contributed by atoms with Crippen molar-refractivity contribution in [3.8, 4) is 0 Å². The molecule has 0 amide bonds. The molecule has 1 N–H and O–H groups in total. The van der Waals surface area contributed by atoms with Crippen molar-refractivity contribution < 1.29 is 9.90 Å². The maximum Gasteiger partial charge on any atom is 0.304 e. The van der Waals surface area contributed by atoms with Gasteiger partial charge in [-0.3, -0.25) is 4.79 Å². The first kappa shape index (κ1) is 12.6. The molecule has 0 saturated carbocycles. The summed E-state index contributed by atoms with van der Waals surface area (Å²) in [4.78, 5) is 11.5. The number of aliphatic carboxylic acids is 1. The zero-order valence-electron chi connectivity index (χ0n) is 8.50. The molecule has 0 unspecified atom stereocenters. The fourth-order valence-electron chi connectivity index (χ4n) is 1.16. The van der Waals surface area contributed by atoms with E-state index in [2.05, 4.69) is 35.0 Å². The number of aryl methyl sites for hydroxylation is 1. The molecule has 0 heterocycles. The van der Waals surface area contributed by atoms with Crippen molar-refractivity contribution in [2.75, 3.05) is 5.75 Å². The van der Waals surface area contributed by atoms with Gasteiger partial charge in [-0.05, 0) is 30.2 Å². The quantitative estimate of drug-likeness (QED) is 0.842. The summed E-state index contributed by atoms with van der Waals surface area (Å²) in [5.74, 6) is -0.122. The van der Waals surface area contributed by atoms with Crippen LogP contribution in [0.25, 0.3) is 0 Å². The van der Waals surface area contributed by atoms with Crippen LogP contribution in [0.15, 0.2) is 27.6 Å². The molecular weight excluding hydrogens is 276 g/mol. The van der Waals surface area contributed by atoms with Gasteiger partial charge in [0.1, 0.15) is 0 Å². The van der Waals surface area contributed by atoms with E-state index in [-0.39, 0.29) is 6.42 Å². The number of hydrogen-bond acceptors (Lipinski definition) is 2. The molecule has 82 valence electrons. The topological polar surface area (TPSA) is 37.3 Å². The van der Waals surface area contributed by atoms with Crippen LogP contribution < -0.4 is 0 Å². The summed E-state index contributed by atoms with van der Waals surface area (Å²) >= 11 is 5.03. The van der Waals surface area contributed by atoms with E-state index in [9.17, 15) is 4.79 Å². The molecule has 1 aromatic carbocycles. The summed E-state index contributed by atoms with van der Waals surface area (Å²) in [6, 6.07) is 6.21. The second kappa shape index (κ2) is 6.18. The van der Waals surface area contributed by atoms with Crippen molar-refractivity contribution in [3.63, 3.8) is 0 Å². The molecule has 1 rings (SSSR count). The normalized spacial score (nSPS) is 10.3. The first-order valence-corrected chi connectivity index (χ1v) is 6.53. The standard InChI is InChI=1S/C11H13BrO2S/c1-2-8-5-9(12)7-10(6-8)15-4-3-11(13)14/h5-7H,2-4H2,1H3,(H,13,14). The molecule has 0 aliphatic carbocycles. The van der Waals surface area contributed by atoms with Crippen molar-refractivity contribution >= 4 is 33.7 Å². The van der Waals surface area contributed by atoms with Gasteiger partial charge in [0.25, 0.3) is 0 Å². The van der Waals surface area contributed by atoms with Crippen LogP contribution >= 0.6 is 27.7 Å². The van der Waals surface area contributed by atoms with Crippen LogP contribution in [0.2, 0.25) is 0 Å². The van der Waals surface area contributed by atoms with Crippen molar-refractivity contribution in [1.82, 2.24) is 0 Å². The van der Waals surface area contributed by atoms with Gasteiger partial charge in [-0.1, -0.05) is 22.9 Å². The predicted octanol–water partition coefficient (Wildman–Crippen LogP) is 3.58. The first-order valence-electron chi connectivity index (χ1n) is 4.76. The van der Waals surface area contributed by atoms with Crippen LogP contribution in [0.3, 0.4) is 0 Å². The molecule has 1 aromatic rings. The number of halogens is 1. The Balaban J connectivity index is 2.60. The minimum absolute atomic E-state index is 0.207. The summed E-state index contributed by atoms with van der Waals surface area (Å²) in [7, 11) is 0. The van der Waals surface area contributed by atoms with Crippen LogP contribution in [0, 0.1) is 0 Å². The Morgan fingerprint density at radius 3 is 2.80 bits per heavy atom. The van der Waals surface area contributed by atoms with Gasteiger partial charge < -0.3 is 5.11 Å².